The summed E-state index contributed by atoms with van der Waals surface area (Å²) in [5.74, 6) is 0.901. The highest BCUT2D eigenvalue weighted by Gasteiger charge is 2.25. The summed E-state index contributed by atoms with van der Waals surface area (Å²) >= 11 is 0. The first-order valence-corrected chi connectivity index (χ1v) is 16.3. The zero-order chi connectivity index (χ0) is 31.3. The van der Waals surface area contributed by atoms with Crippen LogP contribution >= 0.6 is 0 Å². The van der Waals surface area contributed by atoms with Gasteiger partial charge in [0.1, 0.15) is 5.82 Å². The predicted molar refractivity (Wildman–Crippen MR) is 198 cm³/mol. The average Bonchev–Trinajstić information content (AvgIpc) is 3.78. The van der Waals surface area contributed by atoms with Gasteiger partial charge in [-0.3, -0.25) is 9.55 Å². The fourth-order valence-corrected chi connectivity index (χ4v) is 8.04. The lowest BCUT2D eigenvalue weighted by atomic mass is 10.0. The Hall–Kier alpha value is -6.52. The number of para-hydroxylation sites is 3. The summed E-state index contributed by atoms with van der Waals surface area (Å²) in [6, 6.07) is 54.5. The predicted octanol–water partition coefficient (Wildman–Crippen LogP) is 11.1. The Morgan fingerprint density at radius 1 is 0.417 bits per heavy atom. The SMILES string of the molecule is c1ccc(-n2c3ccccc3c3cc(-c4ccc5c6ccccc6n(-c6cc7c8c(cccc8n6)-c6cccnc6-7)c5c4)ccc32)cc1. The molecule has 0 N–H and O–H groups in total. The smallest absolute Gasteiger partial charge is 0.138 e. The summed E-state index contributed by atoms with van der Waals surface area (Å²) in [5, 5.41) is 6.10. The number of rotatable bonds is 3. The van der Waals surface area contributed by atoms with Crippen LogP contribution in [0.5, 0.6) is 0 Å². The van der Waals surface area contributed by atoms with Crippen molar-refractivity contribution >= 4 is 54.5 Å². The number of benzene rings is 6. The molecule has 4 heterocycles. The summed E-state index contributed by atoms with van der Waals surface area (Å²) < 4.78 is 4.70. The second-order valence-corrected chi connectivity index (χ2v) is 12.6. The normalized spacial score (nSPS) is 12.2. The minimum Gasteiger partial charge on any atom is -0.309 e. The van der Waals surface area contributed by atoms with Gasteiger partial charge in [0.05, 0.1) is 33.3 Å². The molecule has 0 aliphatic heterocycles. The maximum Gasteiger partial charge on any atom is 0.138 e. The minimum absolute atomic E-state index is 0.901. The number of fused-ring (bicyclic) bond motifs is 9. The average molecular weight is 611 g/mol. The van der Waals surface area contributed by atoms with E-state index in [4.69, 9.17) is 9.97 Å². The molecular formula is C44H26N4. The van der Waals surface area contributed by atoms with Crippen LogP contribution in [0.1, 0.15) is 0 Å². The zero-order valence-electron chi connectivity index (χ0n) is 25.8. The number of pyridine rings is 2. The highest BCUT2D eigenvalue weighted by atomic mass is 15.1. The van der Waals surface area contributed by atoms with Crippen molar-refractivity contribution in [3.63, 3.8) is 0 Å². The van der Waals surface area contributed by atoms with Crippen molar-refractivity contribution in [2.24, 2.45) is 0 Å². The van der Waals surface area contributed by atoms with Gasteiger partial charge in [-0.25, -0.2) is 4.98 Å². The summed E-state index contributed by atoms with van der Waals surface area (Å²) in [6.07, 6.45) is 1.89. The number of aromatic nitrogens is 4. The Balaban J connectivity index is 1.15. The second-order valence-electron chi connectivity index (χ2n) is 12.6. The molecule has 1 aliphatic rings. The van der Waals surface area contributed by atoms with Crippen LogP contribution in [-0.2, 0) is 0 Å². The van der Waals surface area contributed by atoms with Crippen LogP contribution in [-0.4, -0.2) is 19.1 Å². The van der Waals surface area contributed by atoms with Gasteiger partial charge < -0.3 is 4.57 Å². The van der Waals surface area contributed by atoms with Crippen molar-refractivity contribution in [1.29, 1.82) is 0 Å². The van der Waals surface area contributed by atoms with Gasteiger partial charge in [-0.05, 0) is 77.4 Å². The highest BCUT2D eigenvalue weighted by molar-refractivity contribution is 6.15. The van der Waals surface area contributed by atoms with Crippen molar-refractivity contribution in [3.05, 3.63) is 158 Å². The lowest BCUT2D eigenvalue weighted by Crippen LogP contribution is -1.99. The van der Waals surface area contributed by atoms with Crippen LogP contribution in [0.15, 0.2) is 158 Å². The third-order valence-electron chi connectivity index (χ3n) is 10.1. The fraction of sp³-hybridized carbons (Fsp3) is 0. The Labute approximate surface area is 275 Å². The van der Waals surface area contributed by atoms with Crippen LogP contribution in [0.3, 0.4) is 0 Å². The fourth-order valence-electron chi connectivity index (χ4n) is 8.04. The van der Waals surface area contributed by atoms with E-state index in [1.54, 1.807) is 0 Å². The molecule has 48 heavy (non-hydrogen) atoms. The molecule has 0 fully saturated rings. The lowest BCUT2D eigenvalue weighted by molar-refractivity contribution is 1.10. The molecule has 11 rings (SSSR count). The molecule has 0 spiro atoms. The molecule has 0 bridgehead atoms. The van der Waals surface area contributed by atoms with Crippen LogP contribution in [0, 0.1) is 0 Å². The first kappa shape index (κ1) is 25.6. The van der Waals surface area contributed by atoms with E-state index in [2.05, 4.69) is 155 Å². The molecule has 0 radical (unpaired) electrons. The third-order valence-corrected chi connectivity index (χ3v) is 10.1. The van der Waals surface area contributed by atoms with E-state index >= 15 is 0 Å². The maximum absolute atomic E-state index is 5.30. The van der Waals surface area contributed by atoms with Gasteiger partial charge in [0, 0.05) is 49.9 Å². The summed E-state index contributed by atoms with van der Waals surface area (Å²) in [6.45, 7) is 0. The van der Waals surface area contributed by atoms with Gasteiger partial charge >= 0.3 is 0 Å². The molecule has 1 aliphatic carbocycles. The molecular weight excluding hydrogens is 585 g/mol. The van der Waals surface area contributed by atoms with Gasteiger partial charge in [-0.15, -0.1) is 0 Å². The molecule has 0 saturated carbocycles. The van der Waals surface area contributed by atoms with E-state index in [0.29, 0.717) is 0 Å². The van der Waals surface area contributed by atoms with Gasteiger partial charge in [0.25, 0.3) is 0 Å². The maximum atomic E-state index is 5.30. The van der Waals surface area contributed by atoms with E-state index in [1.165, 1.54) is 65.9 Å². The van der Waals surface area contributed by atoms with Crippen molar-refractivity contribution in [2.75, 3.05) is 0 Å². The van der Waals surface area contributed by atoms with Gasteiger partial charge in [-0.2, -0.15) is 0 Å². The Morgan fingerprint density at radius 3 is 1.98 bits per heavy atom. The van der Waals surface area contributed by atoms with Crippen molar-refractivity contribution in [3.8, 4) is 45.0 Å². The summed E-state index contributed by atoms with van der Waals surface area (Å²) in [4.78, 5) is 10.1. The standard InChI is InChI=1S/C44H26N4/c1-2-10-29(11-3-1)47-38-17-6-5-13-31(38)35-24-27(20-22-40(35)47)28-19-21-32-30-12-4-7-18-39(30)48(41(32)25-28)42-26-36-43-33(14-8-16-37(43)46-42)34-15-9-23-45-44(34)36/h1-26H. The van der Waals surface area contributed by atoms with Crippen LogP contribution in [0.2, 0.25) is 0 Å². The minimum atomic E-state index is 0.901. The molecule has 0 saturated heterocycles. The molecule has 4 heteroatoms. The van der Waals surface area contributed by atoms with Gasteiger partial charge in [-0.1, -0.05) is 91.0 Å². The molecule has 0 amide bonds. The molecule has 0 unspecified atom stereocenters. The monoisotopic (exact) mass is 610 g/mol. The lowest BCUT2D eigenvalue weighted by Gasteiger charge is -2.11. The quantitative estimate of drug-likeness (QED) is 0.199. The van der Waals surface area contributed by atoms with Crippen LogP contribution < -0.4 is 0 Å². The molecule has 222 valence electrons. The van der Waals surface area contributed by atoms with Gasteiger partial charge in [0.2, 0.25) is 0 Å². The van der Waals surface area contributed by atoms with Crippen molar-refractivity contribution < 1.29 is 0 Å². The topological polar surface area (TPSA) is 35.6 Å². The van der Waals surface area contributed by atoms with Crippen LogP contribution in [0.4, 0.5) is 0 Å². The summed E-state index contributed by atoms with van der Waals surface area (Å²) in [5.41, 5.74) is 13.7. The molecule has 6 aromatic carbocycles. The van der Waals surface area contributed by atoms with Gasteiger partial charge in [0.15, 0.2) is 0 Å². The Morgan fingerprint density at radius 2 is 1.10 bits per heavy atom. The van der Waals surface area contributed by atoms with E-state index in [-0.39, 0.29) is 0 Å². The molecule has 0 atom stereocenters. The van der Waals surface area contributed by atoms with Crippen molar-refractivity contribution in [2.45, 2.75) is 0 Å². The van der Waals surface area contributed by atoms with E-state index in [9.17, 15) is 0 Å². The zero-order valence-corrected chi connectivity index (χ0v) is 25.8. The van der Waals surface area contributed by atoms with E-state index in [1.807, 2.05) is 12.3 Å². The Kier molecular flexibility index (Phi) is 5.08. The number of nitrogens with zero attached hydrogens (tertiary/aromatic N) is 4. The van der Waals surface area contributed by atoms with Crippen LogP contribution in [0.25, 0.3) is 99.5 Å². The van der Waals surface area contributed by atoms with Crippen molar-refractivity contribution in [1.82, 2.24) is 19.1 Å². The molecule has 10 aromatic rings. The molecule has 4 nitrogen and oxygen atoms in total. The third kappa shape index (κ3) is 3.43. The molecule has 4 aromatic heterocycles. The first-order chi connectivity index (χ1) is 23.8. The Bertz CT molecular complexity index is 2950. The summed E-state index contributed by atoms with van der Waals surface area (Å²) in [7, 11) is 0. The largest absolute Gasteiger partial charge is 0.309 e. The second kappa shape index (κ2) is 9.50. The highest BCUT2D eigenvalue weighted by Crippen LogP contribution is 2.47. The number of hydrogen-bond acceptors (Lipinski definition) is 2. The number of hydrogen-bond donors (Lipinski definition) is 0. The van der Waals surface area contributed by atoms with E-state index in [0.717, 1.165) is 33.6 Å². The van der Waals surface area contributed by atoms with E-state index < -0.39 is 0 Å². The first-order valence-electron chi connectivity index (χ1n) is 16.3.